The summed E-state index contributed by atoms with van der Waals surface area (Å²) in [4.78, 5) is 1.25. The number of aliphatic hydroxyl groups excluding tert-OH is 1. The fourth-order valence-corrected chi connectivity index (χ4v) is 3.33. The highest BCUT2D eigenvalue weighted by Crippen LogP contribution is 2.41. The van der Waals surface area contributed by atoms with Crippen LogP contribution in [0.25, 0.3) is 0 Å². The molecule has 0 saturated heterocycles. The molecule has 1 unspecified atom stereocenters. The molecular weight excluding hydrogens is 222 g/mol. The molecule has 4 heteroatoms. The van der Waals surface area contributed by atoms with Crippen LogP contribution < -0.4 is 5.73 Å². The monoisotopic (exact) mass is 239 g/mol. The van der Waals surface area contributed by atoms with Gasteiger partial charge in [-0.15, -0.1) is 11.8 Å². The number of aliphatic hydroxyl groups is 1. The van der Waals surface area contributed by atoms with Gasteiger partial charge in [-0.3, -0.25) is 0 Å². The quantitative estimate of drug-likeness (QED) is 0.832. The lowest BCUT2D eigenvalue weighted by Gasteiger charge is -2.37. The molecule has 88 valence electrons. The third-order valence-electron chi connectivity index (χ3n) is 2.94. The second-order valence-corrected chi connectivity index (χ2v) is 5.00. The fraction of sp³-hybridized carbons (Fsp3) is 0.500. The van der Waals surface area contributed by atoms with Gasteiger partial charge in [0.1, 0.15) is 5.60 Å². The predicted molar refractivity (Wildman–Crippen MR) is 65.6 cm³/mol. The van der Waals surface area contributed by atoms with Crippen molar-refractivity contribution in [3.63, 3.8) is 0 Å². The lowest BCUT2D eigenvalue weighted by Crippen LogP contribution is -2.41. The molecule has 1 atom stereocenters. The smallest absolute Gasteiger partial charge is 0.107 e. The molecule has 0 saturated carbocycles. The zero-order chi connectivity index (χ0) is 11.4. The van der Waals surface area contributed by atoms with Gasteiger partial charge < -0.3 is 15.6 Å². The maximum Gasteiger partial charge on any atom is 0.107 e. The minimum Gasteiger partial charge on any atom is -0.394 e. The summed E-state index contributed by atoms with van der Waals surface area (Å²) in [7, 11) is 0. The Labute approximate surface area is 100.0 Å². The van der Waals surface area contributed by atoms with Crippen LogP contribution >= 0.6 is 11.8 Å². The Bertz CT molecular complexity index is 359. The molecule has 0 amide bonds. The number of fused-ring (bicyclic) bond motifs is 1. The highest BCUT2D eigenvalue weighted by atomic mass is 32.2. The molecule has 0 radical (unpaired) electrons. The van der Waals surface area contributed by atoms with Crippen molar-refractivity contribution in [3.8, 4) is 0 Å². The lowest BCUT2D eigenvalue weighted by molar-refractivity contribution is -0.0615. The van der Waals surface area contributed by atoms with Crippen molar-refractivity contribution in [2.75, 3.05) is 25.5 Å². The summed E-state index contributed by atoms with van der Waals surface area (Å²) in [5.74, 6) is 1.01. The number of hydrogen-bond donors (Lipinski definition) is 2. The highest BCUT2D eigenvalue weighted by molar-refractivity contribution is 7.99. The van der Waals surface area contributed by atoms with Gasteiger partial charge in [0.25, 0.3) is 0 Å². The van der Waals surface area contributed by atoms with Gasteiger partial charge in [0.2, 0.25) is 0 Å². The van der Waals surface area contributed by atoms with E-state index >= 15 is 0 Å². The van der Waals surface area contributed by atoms with E-state index in [0.717, 1.165) is 12.2 Å². The van der Waals surface area contributed by atoms with E-state index in [1.54, 1.807) is 0 Å². The predicted octanol–water partition coefficient (Wildman–Crippen LogP) is 1.35. The fourth-order valence-electron chi connectivity index (χ4n) is 2.09. The van der Waals surface area contributed by atoms with E-state index in [1.807, 2.05) is 23.9 Å². The standard InChI is InChI=1S/C12H17NO2S/c13-9-12(15-7-6-14)5-8-16-11-4-2-1-3-10(11)12/h1-4,14H,5-9,13H2. The van der Waals surface area contributed by atoms with Crippen LogP contribution in [0.15, 0.2) is 29.2 Å². The molecule has 3 nitrogen and oxygen atoms in total. The maximum atomic E-state index is 8.88. The summed E-state index contributed by atoms with van der Waals surface area (Å²) in [6, 6.07) is 8.22. The average Bonchev–Trinajstić information content (AvgIpc) is 2.36. The number of thioether (sulfide) groups is 1. The van der Waals surface area contributed by atoms with Crippen molar-refractivity contribution in [2.45, 2.75) is 16.9 Å². The SMILES string of the molecule is NCC1(OCCO)CCSc2ccccc21. The molecule has 16 heavy (non-hydrogen) atoms. The molecule has 1 aromatic rings. The molecular formula is C12H17NO2S. The van der Waals surface area contributed by atoms with E-state index in [1.165, 1.54) is 10.5 Å². The zero-order valence-electron chi connectivity index (χ0n) is 9.19. The molecule has 0 spiro atoms. The Balaban J connectivity index is 2.33. The van der Waals surface area contributed by atoms with Crippen molar-refractivity contribution in [3.05, 3.63) is 29.8 Å². The molecule has 0 aliphatic carbocycles. The third kappa shape index (κ3) is 2.11. The Morgan fingerprint density at radius 3 is 3.00 bits per heavy atom. The van der Waals surface area contributed by atoms with E-state index in [0.29, 0.717) is 13.2 Å². The van der Waals surface area contributed by atoms with Gasteiger partial charge in [0.15, 0.2) is 0 Å². The molecule has 0 bridgehead atoms. The summed E-state index contributed by atoms with van der Waals surface area (Å²) in [6.07, 6.45) is 0.908. The number of hydrogen-bond acceptors (Lipinski definition) is 4. The van der Waals surface area contributed by atoms with Crippen LogP contribution in [0.3, 0.4) is 0 Å². The van der Waals surface area contributed by atoms with Gasteiger partial charge in [-0.25, -0.2) is 0 Å². The van der Waals surface area contributed by atoms with Crippen molar-refractivity contribution in [1.82, 2.24) is 0 Å². The summed E-state index contributed by atoms with van der Waals surface area (Å²) < 4.78 is 5.81. The van der Waals surface area contributed by atoms with Gasteiger partial charge in [-0.2, -0.15) is 0 Å². The van der Waals surface area contributed by atoms with Crippen LogP contribution in [-0.2, 0) is 10.3 Å². The molecule has 1 aromatic carbocycles. The Hall–Kier alpha value is -0.550. The van der Waals surface area contributed by atoms with E-state index in [4.69, 9.17) is 15.6 Å². The Kier molecular flexibility index (Phi) is 3.86. The first kappa shape index (κ1) is 11.9. The van der Waals surface area contributed by atoms with Crippen LogP contribution in [0, 0.1) is 0 Å². The number of rotatable bonds is 4. The minimum absolute atomic E-state index is 0.0387. The largest absolute Gasteiger partial charge is 0.394 e. The van der Waals surface area contributed by atoms with E-state index in [9.17, 15) is 0 Å². The second kappa shape index (κ2) is 5.19. The van der Waals surface area contributed by atoms with Crippen molar-refractivity contribution in [1.29, 1.82) is 0 Å². The number of nitrogens with two attached hydrogens (primary N) is 1. The van der Waals surface area contributed by atoms with Crippen molar-refractivity contribution < 1.29 is 9.84 Å². The van der Waals surface area contributed by atoms with Gasteiger partial charge in [0, 0.05) is 17.2 Å². The Morgan fingerprint density at radius 1 is 1.44 bits per heavy atom. The van der Waals surface area contributed by atoms with E-state index in [-0.39, 0.29) is 6.61 Å². The average molecular weight is 239 g/mol. The van der Waals surface area contributed by atoms with Crippen LogP contribution in [0.1, 0.15) is 12.0 Å². The molecule has 1 heterocycles. The molecule has 0 fully saturated rings. The Morgan fingerprint density at radius 2 is 2.25 bits per heavy atom. The first-order valence-electron chi connectivity index (χ1n) is 5.49. The second-order valence-electron chi connectivity index (χ2n) is 3.87. The molecule has 1 aliphatic rings. The number of ether oxygens (including phenoxy) is 1. The normalized spacial score (nSPS) is 24.1. The van der Waals surface area contributed by atoms with Gasteiger partial charge in [0.05, 0.1) is 13.2 Å². The van der Waals surface area contributed by atoms with E-state index < -0.39 is 5.60 Å². The lowest BCUT2D eigenvalue weighted by atomic mass is 9.90. The molecule has 0 aromatic heterocycles. The summed E-state index contributed by atoms with van der Waals surface area (Å²) in [5.41, 5.74) is 6.65. The minimum atomic E-state index is -0.398. The highest BCUT2D eigenvalue weighted by Gasteiger charge is 2.36. The first-order chi connectivity index (χ1) is 7.82. The third-order valence-corrected chi connectivity index (χ3v) is 4.02. The van der Waals surface area contributed by atoms with Gasteiger partial charge in [-0.1, -0.05) is 18.2 Å². The molecule has 2 rings (SSSR count). The van der Waals surface area contributed by atoms with Crippen molar-refractivity contribution in [2.24, 2.45) is 5.73 Å². The summed E-state index contributed by atoms with van der Waals surface area (Å²) in [6.45, 7) is 0.845. The van der Waals surface area contributed by atoms with Gasteiger partial charge >= 0.3 is 0 Å². The van der Waals surface area contributed by atoms with Crippen LogP contribution in [0.2, 0.25) is 0 Å². The maximum absolute atomic E-state index is 8.88. The van der Waals surface area contributed by atoms with Crippen LogP contribution in [0.4, 0.5) is 0 Å². The van der Waals surface area contributed by atoms with E-state index in [2.05, 4.69) is 12.1 Å². The molecule has 1 aliphatic heterocycles. The van der Waals surface area contributed by atoms with Gasteiger partial charge in [-0.05, 0) is 18.1 Å². The van der Waals surface area contributed by atoms with Crippen LogP contribution in [-0.4, -0.2) is 30.6 Å². The number of benzene rings is 1. The topological polar surface area (TPSA) is 55.5 Å². The summed E-state index contributed by atoms with van der Waals surface area (Å²) in [5, 5.41) is 8.88. The molecule has 3 N–H and O–H groups in total. The zero-order valence-corrected chi connectivity index (χ0v) is 10.0. The van der Waals surface area contributed by atoms with Crippen LogP contribution in [0.5, 0.6) is 0 Å². The first-order valence-corrected chi connectivity index (χ1v) is 6.48. The van der Waals surface area contributed by atoms with Crippen molar-refractivity contribution >= 4 is 11.8 Å². The summed E-state index contributed by atoms with van der Waals surface area (Å²) >= 11 is 1.84.